The number of ether oxygens (including phenoxy) is 2. The summed E-state index contributed by atoms with van der Waals surface area (Å²) < 4.78 is 11.5. The summed E-state index contributed by atoms with van der Waals surface area (Å²) in [5, 5.41) is 2.87. The Morgan fingerprint density at radius 3 is 2.69 bits per heavy atom. The molecule has 4 nitrogen and oxygen atoms in total. The van der Waals surface area contributed by atoms with Gasteiger partial charge in [-0.05, 0) is 74.4 Å². The highest BCUT2D eigenvalue weighted by atomic mass is 16.5. The molecule has 0 radical (unpaired) electrons. The van der Waals surface area contributed by atoms with Gasteiger partial charge in [0, 0.05) is 0 Å². The van der Waals surface area contributed by atoms with Crippen LogP contribution in [-0.2, 0) is 17.6 Å². The second-order valence-corrected chi connectivity index (χ2v) is 6.80. The van der Waals surface area contributed by atoms with E-state index in [1.807, 2.05) is 37.3 Å². The number of para-hydroxylation sites is 1. The summed E-state index contributed by atoms with van der Waals surface area (Å²) in [5.74, 6) is 1.49. The minimum absolute atomic E-state index is 0.129. The first-order valence-corrected chi connectivity index (χ1v) is 9.38. The molecule has 1 aliphatic rings. The highest BCUT2D eigenvalue weighted by molar-refractivity contribution is 5.80. The lowest BCUT2D eigenvalue weighted by Gasteiger charge is -2.19. The lowest BCUT2D eigenvalue weighted by atomic mass is 9.92. The van der Waals surface area contributed by atoms with Crippen LogP contribution in [0.4, 0.5) is 0 Å². The molecule has 138 valence electrons. The van der Waals surface area contributed by atoms with Crippen LogP contribution in [0.1, 0.15) is 36.5 Å². The van der Waals surface area contributed by atoms with Crippen LogP contribution in [-0.4, -0.2) is 25.2 Å². The molecule has 0 heterocycles. The molecule has 0 saturated carbocycles. The van der Waals surface area contributed by atoms with Gasteiger partial charge in [0.25, 0.3) is 5.91 Å². The quantitative estimate of drug-likeness (QED) is 0.770. The zero-order valence-electron chi connectivity index (χ0n) is 15.6. The second kappa shape index (κ2) is 8.75. The minimum atomic E-state index is -0.532. The zero-order chi connectivity index (χ0) is 18.4. The number of nitrogens with one attached hydrogen (secondary N) is 1. The van der Waals surface area contributed by atoms with E-state index in [9.17, 15) is 4.79 Å². The molecule has 0 saturated heterocycles. The van der Waals surface area contributed by atoms with Gasteiger partial charge < -0.3 is 14.8 Å². The second-order valence-electron chi connectivity index (χ2n) is 6.80. The molecule has 1 atom stereocenters. The van der Waals surface area contributed by atoms with Crippen LogP contribution < -0.4 is 14.8 Å². The van der Waals surface area contributed by atoms with Crippen molar-refractivity contribution < 1.29 is 14.3 Å². The fourth-order valence-electron chi connectivity index (χ4n) is 3.24. The highest BCUT2D eigenvalue weighted by Gasteiger charge is 2.16. The summed E-state index contributed by atoms with van der Waals surface area (Å²) in [6.45, 7) is 4.66. The first-order chi connectivity index (χ1) is 12.6. The molecule has 0 aromatic heterocycles. The number of aryl methyl sites for hydroxylation is 3. The summed E-state index contributed by atoms with van der Waals surface area (Å²) in [6.07, 6.45) is 4.20. The number of benzene rings is 2. The molecular formula is C22H27NO3. The Hall–Kier alpha value is -2.49. The smallest absolute Gasteiger partial charge is 0.260 e. The van der Waals surface area contributed by atoms with Gasteiger partial charge in [-0.3, -0.25) is 4.79 Å². The van der Waals surface area contributed by atoms with Crippen LogP contribution in [0.25, 0.3) is 0 Å². The minimum Gasteiger partial charge on any atom is -0.491 e. The van der Waals surface area contributed by atoms with Gasteiger partial charge in [0.05, 0.1) is 6.54 Å². The van der Waals surface area contributed by atoms with Gasteiger partial charge in [-0.25, -0.2) is 0 Å². The summed E-state index contributed by atoms with van der Waals surface area (Å²) in [4.78, 5) is 12.2. The third-order valence-corrected chi connectivity index (χ3v) is 4.75. The van der Waals surface area contributed by atoms with E-state index in [0.29, 0.717) is 13.2 Å². The molecule has 1 amide bonds. The standard InChI is InChI=1S/C22H27NO3/c1-16-7-3-6-10-21(16)25-14-13-23-22(24)17(2)26-20-12-11-18-8-4-5-9-19(18)15-20/h3,6-7,10-12,15,17H,4-5,8-9,13-14H2,1-2H3,(H,23,24)/t17-/m1/s1. The normalized spacial score (nSPS) is 14.2. The fraction of sp³-hybridized carbons (Fsp3) is 0.409. The van der Waals surface area contributed by atoms with Gasteiger partial charge >= 0.3 is 0 Å². The Bertz CT molecular complexity index is 757. The Morgan fingerprint density at radius 1 is 1.12 bits per heavy atom. The number of carbonyl (C=O) groups excluding carboxylic acids is 1. The van der Waals surface area contributed by atoms with Crippen molar-refractivity contribution in [1.29, 1.82) is 0 Å². The Morgan fingerprint density at radius 2 is 1.88 bits per heavy atom. The molecule has 0 spiro atoms. The van der Waals surface area contributed by atoms with Crippen LogP contribution in [0.2, 0.25) is 0 Å². The average Bonchev–Trinajstić information content (AvgIpc) is 2.66. The van der Waals surface area contributed by atoms with Crippen LogP contribution >= 0.6 is 0 Å². The molecule has 0 bridgehead atoms. The molecule has 0 aliphatic heterocycles. The lowest BCUT2D eigenvalue weighted by molar-refractivity contribution is -0.127. The SMILES string of the molecule is Cc1ccccc1OCCNC(=O)[C@@H](C)Oc1ccc2c(c1)CCCC2. The van der Waals surface area contributed by atoms with Crippen molar-refractivity contribution in [3.8, 4) is 11.5 Å². The highest BCUT2D eigenvalue weighted by Crippen LogP contribution is 2.25. The lowest BCUT2D eigenvalue weighted by Crippen LogP contribution is -2.38. The molecule has 4 heteroatoms. The van der Waals surface area contributed by atoms with Gasteiger partial charge in [0.2, 0.25) is 0 Å². The Labute approximate surface area is 155 Å². The van der Waals surface area contributed by atoms with E-state index in [2.05, 4.69) is 17.4 Å². The Kier molecular flexibility index (Phi) is 6.16. The third-order valence-electron chi connectivity index (χ3n) is 4.75. The maximum Gasteiger partial charge on any atom is 0.260 e. The summed E-state index contributed by atoms with van der Waals surface area (Å²) in [7, 11) is 0. The maximum atomic E-state index is 12.2. The number of hydrogen-bond donors (Lipinski definition) is 1. The van der Waals surface area contributed by atoms with Crippen molar-refractivity contribution in [2.24, 2.45) is 0 Å². The molecule has 1 N–H and O–H groups in total. The average molecular weight is 353 g/mol. The van der Waals surface area contributed by atoms with Crippen LogP contribution in [0, 0.1) is 6.92 Å². The summed E-state index contributed by atoms with van der Waals surface area (Å²) in [6, 6.07) is 14.0. The van der Waals surface area contributed by atoms with E-state index >= 15 is 0 Å². The van der Waals surface area contributed by atoms with Crippen molar-refractivity contribution in [3.05, 3.63) is 59.2 Å². The van der Waals surface area contributed by atoms with Gasteiger partial charge in [-0.2, -0.15) is 0 Å². The number of fused-ring (bicyclic) bond motifs is 1. The molecule has 26 heavy (non-hydrogen) atoms. The molecular weight excluding hydrogens is 326 g/mol. The number of rotatable bonds is 7. The van der Waals surface area contributed by atoms with Crippen molar-refractivity contribution in [2.75, 3.05) is 13.2 Å². The third kappa shape index (κ3) is 4.78. The number of carbonyl (C=O) groups is 1. The van der Waals surface area contributed by atoms with E-state index in [1.54, 1.807) is 6.92 Å². The van der Waals surface area contributed by atoms with Crippen molar-refractivity contribution in [2.45, 2.75) is 45.6 Å². The Balaban J connectivity index is 1.44. The fourth-order valence-corrected chi connectivity index (χ4v) is 3.24. The first-order valence-electron chi connectivity index (χ1n) is 9.38. The van der Waals surface area contributed by atoms with Gasteiger partial charge in [0.1, 0.15) is 18.1 Å². The van der Waals surface area contributed by atoms with Crippen LogP contribution in [0.5, 0.6) is 11.5 Å². The molecule has 1 aliphatic carbocycles. The maximum absolute atomic E-state index is 12.2. The van der Waals surface area contributed by atoms with E-state index in [4.69, 9.17) is 9.47 Å². The first kappa shape index (κ1) is 18.3. The zero-order valence-corrected chi connectivity index (χ0v) is 15.6. The van der Waals surface area contributed by atoms with Crippen LogP contribution in [0.15, 0.2) is 42.5 Å². The van der Waals surface area contributed by atoms with Gasteiger partial charge in [-0.15, -0.1) is 0 Å². The summed E-state index contributed by atoms with van der Waals surface area (Å²) >= 11 is 0. The number of hydrogen-bond acceptors (Lipinski definition) is 3. The predicted molar refractivity (Wildman–Crippen MR) is 103 cm³/mol. The van der Waals surface area contributed by atoms with Crippen LogP contribution in [0.3, 0.4) is 0 Å². The molecule has 0 fully saturated rings. The van der Waals surface area contributed by atoms with Gasteiger partial charge in [0.15, 0.2) is 6.10 Å². The molecule has 2 aromatic carbocycles. The van der Waals surface area contributed by atoms with E-state index in [0.717, 1.165) is 29.9 Å². The van der Waals surface area contributed by atoms with Gasteiger partial charge in [-0.1, -0.05) is 24.3 Å². The monoisotopic (exact) mass is 353 g/mol. The molecule has 3 rings (SSSR count). The van der Waals surface area contributed by atoms with E-state index in [1.165, 1.54) is 24.0 Å². The topological polar surface area (TPSA) is 47.6 Å². The van der Waals surface area contributed by atoms with Crippen molar-refractivity contribution in [1.82, 2.24) is 5.32 Å². The largest absolute Gasteiger partial charge is 0.491 e. The predicted octanol–water partition coefficient (Wildman–Crippen LogP) is 3.84. The van der Waals surface area contributed by atoms with E-state index < -0.39 is 6.10 Å². The van der Waals surface area contributed by atoms with E-state index in [-0.39, 0.29) is 5.91 Å². The molecule has 0 unspecified atom stereocenters. The van der Waals surface area contributed by atoms with Crippen molar-refractivity contribution in [3.63, 3.8) is 0 Å². The van der Waals surface area contributed by atoms with Crippen molar-refractivity contribution >= 4 is 5.91 Å². The molecule has 2 aromatic rings. The number of amides is 1. The summed E-state index contributed by atoms with van der Waals surface area (Å²) in [5.41, 5.74) is 3.85.